The summed E-state index contributed by atoms with van der Waals surface area (Å²) in [4.78, 5) is 24.1. The van der Waals surface area contributed by atoms with Gasteiger partial charge >= 0.3 is 0 Å². The van der Waals surface area contributed by atoms with Crippen molar-refractivity contribution in [1.29, 1.82) is 0 Å². The maximum atomic E-state index is 12.8. The van der Waals surface area contributed by atoms with E-state index in [4.69, 9.17) is 5.73 Å². The minimum atomic E-state index is -0.586. The Bertz CT molecular complexity index is 674. The molecule has 22 heavy (non-hydrogen) atoms. The van der Waals surface area contributed by atoms with Crippen molar-refractivity contribution < 1.29 is 14.0 Å². The lowest BCUT2D eigenvalue weighted by Crippen LogP contribution is -2.18. The molecule has 0 unspecified atom stereocenters. The molecule has 0 aliphatic carbocycles. The molecule has 0 fully saturated rings. The fourth-order valence-corrected chi connectivity index (χ4v) is 2.66. The number of hydrogen-bond acceptors (Lipinski definition) is 3. The Labute approximate surface area is 131 Å². The van der Waals surface area contributed by atoms with Crippen molar-refractivity contribution in [2.24, 2.45) is 5.73 Å². The van der Waals surface area contributed by atoms with E-state index in [0.29, 0.717) is 11.4 Å². The lowest BCUT2D eigenvalue weighted by atomic mass is 10.1. The van der Waals surface area contributed by atoms with E-state index < -0.39 is 5.91 Å². The van der Waals surface area contributed by atoms with Gasteiger partial charge in [0.05, 0.1) is 11.3 Å². The molecule has 2 amide bonds. The van der Waals surface area contributed by atoms with Crippen molar-refractivity contribution in [2.75, 3.05) is 11.1 Å². The predicted octanol–water partition coefficient (Wildman–Crippen LogP) is 3.05. The summed E-state index contributed by atoms with van der Waals surface area (Å²) >= 11 is 1.46. The van der Waals surface area contributed by atoms with E-state index in [-0.39, 0.29) is 23.7 Å². The van der Waals surface area contributed by atoms with Gasteiger partial charge in [-0.1, -0.05) is 12.1 Å². The third-order valence-corrected chi connectivity index (χ3v) is 3.89. The summed E-state index contributed by atoms with van der Waals surface area (Å²) in [7, 11) is 0. The highest BCUT2D eigenvalue weighted by Crippen LogP contribution is 2.20. The summed E-state index contributed by atoms with van der Waals surface area (Å²) in [6.07, 6.45) is 0.273. The molecule has 0 saturated carbocycles. The maximum absolute atomic E-state index is 12.8. The standard InChI is InChI=1S/C16H15FN2O2S/c17-11-5-7-12(8-6-11)22-10-9-15(20)19-14-4-2-1-3-13(14)16(18)21/h1-8H,9-10H2,(H2,18,21)(H,19,20). The van der Waals surface area contributed by atoms with Crippen LogP contribution in [-0.2, 0) is 4.79 Å². The van der Waals surface area contributed by atoms with Crippen molar-refractivity contribution in [3.63, 3.8) is 0 Å². The Morgan fingerprint density at radius 1 is 1.09 bits per heavy atom. The SMILES string of the molecule is NC(=O)c1ccccc1NC(=O)CCSc1ccc(F)cc1. The minimum Gasteiger partial charge on any atom is -0.366 e. The fraction of sp³-hybridized carbons (Fsp3) is 0.125. The number of rotatable bonds is 6. The van der Waals surface area contributed by atoms with Crippen LogP contribution in [0.15, 0.2) is 53.4 Å². The predicted molar refractivity (Wildman–Crippen MR) is 85.3 cm³/mol. The average Bonchev–Trinajstić information content (AvgIpc) is 2.49. The molecule has 0 aliphatic rings. The summed E-state index contributed by atoms with van der Waals surface area (Å²) in [5, 5.41) is 2.67. The first-order valence-corrected chi connectivity index (χ1v) is 7.62. The van der Waals surface area contributed by atoms with Crippen LogP contribution in [0, 0.1) is 5.82 Å². The summed E-state index contributed by atoms with van der Waals surface area (Å²) in [5.41, 5.74) is 5.94. The summed E-state index contributed by atoms with van der Waals surface area (Å²) in [5.74, 6) is -0.527. The van der Waals surface area contributed by atoms with Crippen LogP contribution in [0.25, 0.3) is 0 Å². The van der Waals surface area contributed by atoms with Gasteiger partial charge < -0.3 is 11.1 Å². The molecule has 0 aliphatic heterocycles. The molecule has 2 aromatic rings. The zero-order valence-electron chi connectivity index (χ0n) is 11.7. The second kappa shape index (κ2) is 7.61. The first kappa shape index (κ1) is 16.0. The number of anilines is 1. The summed E-state index contributed by atoms with van der Waals surface area (Å²) in [6, 6.07) is 12.7. The molecule has 0 spiro atoms. The number of benzene rings is 2. The van der Waals surface area contributed by atoms with Crippen LogP contribution in [0.3, 0.4) is 0 Å². The molecular weight excluding hydrogens is 303 g/mol. The molecule has 6 heteroatoms. The monoisotopic (exact) mass is 318 g/mol. The van der Waals surface area contributed by atoms with Gasteiger partial charge in [-0.15, -0.1) is 11.8 Å². The molecule has 3 N–H and O–H groups in total. The number of para-hydroxylation sites is 1. The van der Waals surface area contributed by atoms with E-state index >= 15 is 0 Å². The molecule has 0 radical (unpaired) electrons. The number of primary amides is 1. The van der Waals surface area contributed by atoms with Gasteiger partial charge in [0.15, 0.2) is 0 Å². The first-order chi connectivity index (χ1) is 10.6. The number of nitrogens with one attached hydrogen (secondary N) is 1. The van der Waals surface area contributed by atoms with Gasteiger partial charge in [-0.3, -0.25) is 9.59 Å². The Morgan fingerprint density at radius 3 is 2.45 bits per heavy atom. The Balaban J connectivity index is 1.86. The lowest BCUT2D eigenvalue weighted by Gasteiger charge is -2.08. The molecule has 0 aromatic heterocycles. The van der Waals surface area contributed by atoms with E-state index in [1.54, 1.807) is 36.4 Å². The van der Waals surface area contributed by atoms with Gasteiger partial charge in [0, 0.05) is 17.1 Å². The lowest BCUT2D eigenvalue weighted by molar-refractivity contribution is -0.115. The second-order valence-corrected chi connectivity index (χ2v) is 5.68. The van der Waals surface area contributed by atoms with Crippen molar-refractivity contribution in [1.82, 2.24) is 0 Å². The zero-order valence-corrected chi connectivity index (χ0v) is 12.5. The number of amides is 2. The molecular formula is C16H15FN2O2S. The van der Waals surface area contributed by atoms with E-state index in [1.807, 2.05) is 0 Å². The highest BCUT2D eigenvalue weighted by molar-refractivity contribution is 7.99. The van der Waals surface area contributed by atoms with Gasteiger partial charge in [0.1, 0.15) is 5.82 Å². The number of nitrogens with two attached hydrogens (primary N) is 1. The van der Waals surface area contributed by atoms with E-state index in [2.05, 4.69) is 5.32 Å². The zero-order chi connectivity index (χ0) is 15.9. The third-order valence-electron chi connectivity index (χ3n) is 2.88. The Hall–Kier alpha value is -2.34. The van der Waals surface area contributed by atoms with Crippen LogP contribution in [0.4, 0.5) is 10.1 Å². The van der Waals surface area contributed by atoms with Crippen molar-refractivity contribution in [2.45, 2.75) is 11.3 Å². The smallest absolute Gasteiger partial charge is 0.250 e. The highest BCUT2D eigenvalue weighted by atomic mass is 32.2. The van der Waals surface area contributed by atoms with Gasteiger partial charge in [0.25, 0.3) is 5.91 Å². The third kappa shape index (κ3) is 4.60. The number of carbonyl (C=O) groups is 2. The topological polar surface area (TPSA) is 72.2 Å². The van der Waals surface area contributed by atoms with E-state index in [0.717, 1.165) is 4.90 Å². The molecule has 0 atom stereocenters. The van der Waals surface area contributed by atoms with Crippen LogP contribution < -0.4 is 11.1 Å². The number of halogens is 1. The minimum absolute atomic E-state index is 0.205. The van der Waals surface area contributed by atoms with Gasteiger partial charge in [-0.2, -0.15) is 0 Å². The van der Waals surface area contributed by atoms with Crippen molar-refractivity contribution in [3.05, 3.63) is 59.9 Å². The quantitative estimate of drug-likeness (QED) is 0.804. The molecule has 0 heterocycles. The molecule has 2 aromatic carbocycles. The summed E-state index contributed by atoms with van der Waals surface area (Å²) < 4.78 is 12.8. The average molecular weight is 318 g/mol. The largest absolute Gasteiger partial charge is 0.366 e. The molecule has 4 nitrogen and oxygen atoms in total. The van der Waals surface area contributed by atoms with Crippen LogP contribution in [0.2, 0.25) is 0 Å². The highest BCUT2D eigenvalue weighted by Gasteiger charge is 2.10. The maximum Gasteiger partial charge on any atom is 0.250 e. The molecule has 114 valence electrons. The summed E-state index contributed by atoms with van der Waals surface area (Å²) in [6.45, 7) is 0. The normalized spacial score (nSPS) is 10.2. The van der Waals surface area contributed by atoms with E-state index in [1.165, 1.54) is 23.9 Å². The fourth-order valence-electron chi connectivity index (χ4n) is 1.81. The Morgan fingerprint density at radius 2 is 1.77 bits per heavy atom. The van der Waals surface area contributed by atoms with Crippen LogP contribution in [0.5, 0.6) is 0 Å². The molecule has 0 bridgehead atoms. The van der Waals surface area contributed by atoms with Crippen molar-refractivity contribution in [3.8, 4) is 0 Å². The Kier molecular flexibility index (Phi) is 5.55. The number of carbonyl (C=O) groups excluding carboxylic acids is 2. The molecule has 0 saturated heterocycles. The van der Waals surface area contributed by atoms with Crippen LogP contribution >= 0.6 is 11.8 Å². The van der Waals surface area contributed by atoms with Crippen molar-refractivity contribution >= 4 is 29.3 Å². The van der Waals surface area contributed by atoms with Gasteiger partial charge in [0.2, 0.25) is 5.91 Å². The first-order valence-electron chi connectivity index (χ1n) is 6.63. The van der Waals surface area contributed by atoms with E-state index in [9.17, 15) is 14.0 Å². The molecule has 2 rings (SSSR count). The van der Waals surface area contributed by atoms with Gasteiger partial charge in [-0.25, -0.2) is 4.39 Å². The number of thioether (sulfide) groups is 1. The van der Waals surface area contributed by atoms with Gasteiger partial charge in [-0.05, 0) is 36.4 Å². The van der Waals surface area contributed by atoms with Crippen LogP contribution in [-0.4, -0.2) is 17.6 Å². The van der Waals surface area contributed by atoms with Crippen LogP contribution in [0.1, 0.15) is 16.8 Å². The second-order valence-electron chi connectivity index (χ2n) is 4.51. The number of hydrogen-bond donors (Lipinski definition) is 2.